The zero-order valence-corrected chi connectivity index (χ0v) is 9.20. The average molecular weight is 208 g/mol. The number of hydrogen-bond acceptors (Lipinski definition) is 3. The van der Waals surface area contributed by atoms with E-state index in [1.165, 1.54) is 0 Å². The number of rotatable bonds is 4. The molecule has 0 aromatic heterocycles. The van der Waals surface area contributed by atoms with Crippen molar-refractivity contribution in [3.8, 4) is 11.5 Å². The number of methoxy groups -OCH3 is 1. The third-order valence-corrected chi connectivity index (χ3v) is 2.06. The normalized spacial score (nSPS) is 11.9. The number of benzene rings is 1. The molecule has 0 fully saturated rings. The van der Waals surface area contributed by atoms with Gasteiger partial charge >= 0.3 is 0 Å². The van der Waals surface area contributed by atoms with E-state index >= 15 is 0 Å². The fourth-order valence-corrected chi connectivity index (χ4v) is 1.13. The van der Waals surface area contributed by atoms with Crippen LogP contribution in [0.3, 0.4) is 0 Å². The van der Waals surface area contributed by atoms with Gasteiger partial charge in [-0.1, -0.05) is 6.07 Å². The second-order valence-corrected chi connectivity index (χ2v) is 3.37. The summed E-state index contributed by atoms with van der Waals surface area (Å²) in [5, 5.41) is 7.23. The van der Waals surface area contributed by atoms with Gasteiger partial charge in [0.25, 0.3) is 0 Å². The summed E-state index contributed by atoms with van der Waals surface area (Å²) in [7, 11) is 1.58. The molecular formula is C11H16N2O2. The lowest BCUT2D eigenvalue weighted by molar-refractivity contribution is 0.267. The predicted octanol–water partition coefficient (Wildman–Crippen LogP) is 1.71. The molecule has 1 atom stereocenters. The first-order valence-corrected chi connectivity index (χ1v) is 4.69. The third kappa shape index (κ3) is 2.87. The molecule has 0 radical (unpaired) electrons. The first-order chi connectivity index (χ1) is 7.04. The molecule has 1 aromatic rings. The number of hydrogen-bond donors (Lipinski definition) is 2. The van der Waals surface area contributed by atoms with E-state index in [-0.39, 0.29) is 5.84 Å². The Labute approximate surface area is 89.5 Å². The van der Waals surface area contributed by atoms with Crippen molar-refractivity contribution in [1.82, 2.24) is 0 Å². The summed E-state index contributed by atoms with van der Waals surface area (Å²) in [6, 6.07) is 5.61. The van der Waals surface area contributed by atoms with E-state index in [4.69, 9.17) is 20.6 Å². The minimum absolute atomic E-state index is 0.00220. The van der Waals surface area contributed by atoms with E-state index in [9.17, 15) is 0 Å². The SMILES string of the molecule is COc1cc(C)ccc1OC(C)C(=N)N. The standard InChI is InChI=1S/C11H16N2O2/c1-7-4-5-9(10(6-7)14-3)15-8(2)11(12)13/h4-6,8H,1-3H3,(H3,12,13). The monoisotopic (exact) mass is 208 g/mol. The molecule has 0 heterocycles. The fourth-order valence-electron chi connectivity index (χ4n) is 1.13. The molecule has 1 unspecified atom stereocenters. The summed E-state index contributed by atoms with van der Waals surface area (Å²) in [5.74, 6) is 1.26. The van der Waals surface area contributed by atoms with E-state index < -0.39 is 6.10 Å². The quantitative estimate of drug-likeness (QED) is 0.584. The third-order valence-electron chi connectivity index (χ3n) is 2.06. The summed E-state index contributed by atoms with van der Waals surface area (Å²) in [4.78, 5) is 0. The molecule has 0 amide bonds. The van der Waals surface area contributed by atoms with Crippen LogP contribution in [0.2, 0.25) is 0 Å². The second kappa shape index (κ2) is 4.68. The zero-order chi connectivity index (χ0) is 11.4. The number of amidine groups is 1. The molecule has 0 aliphatic heterocycles. The number of ether oxygens (including phenoxy) is 2. The van der Waals surface area contributed by atoms with E-state index in [0.29, 0.717) is 11.5 Å². The van der Waals surface area contributed by atoms with Crippen molar-refractivity contribution in [2.45, 2.75) is 20.0 Å². The maximum absolute atomic E-state index is 7.23. The van der Waals surface area contributed by atoms with Crippen LogP contribution in [-0.2, 0) is 0 Å². The van der Waals surface area contributed by atoms with Crippen LogP contribution in [0.5, 0.6) is 11.5 Å². The number of aryl methyl sites for hydroxylation is 1. The van der Waals surface area contributed by atoms with Crippen molar-refractivity contribution in [3.05, 3.63) is 23.8 Å². The average Bonchev–Trinajstić information content (AvgIpc) is 2.20. The molecule has 3 N–H and O–H groups in total. The van der Waals surface area contributed by atoms with Gasteiger partial charge < -0.3 is 15.2 Å². The van der Waals surface area contributed by atoms with Gasteiger partial charge in [0, 0.05) is 0 Å². The lowest BCUT2D eigenvalue weighted by Crippen LogP contribution is -2.30. The second-order valence-electron chi connectivity index (χ2n) is 3.37. The Morgan fingerprint density at radius 3 is 2.60 bits per heavy atom. The van der Waals surface area contributed by atoms with Crippen LogP contribution in [-0.4, -0.2) is 19.0 Å². The molecule has 0 aliphatic carbocycles. The fraction of sp³-hybridized carbons (Fsp3) is 0.364. The molecule has 0 bridgehead atoms. The molecule has 0 saturated carbocycles. The summed E-state index contributed by atoms with van der Waals surface area (Å²) in [6.07, 6.45) is -0.443. The summed E-state index contributed by atoms with van der Waals surface area (Å²) < 4.78 is 10.6. The van der Waals surface area contributed by atoms with E-state index in [0.717, 1.165) is 5.56 Å². The zero-order valence-electron chi connectivity index (χ0n) is 9.20. The highest BCUT2D eigenvalue weighted by atomic mass is 16.5. The Bertz CT molecular complexity index is 364. The van der Waals surface area contributed by atoms with Crippen LogP contribution in [0.25, 0.3) is 0 Å². The van der Waals surface area contributed by atoms with Crippen LogP contribution in [0.4, 0.5) is 0 Å². The number of nitrogens with two attached hydrogens (primary N) is 1. The lowest BCUT2D eigenvalue weighted by atomic mass is 10.2. The van der Waals surface area contributed by atoms with Gasteiger partial charge in [-0.15, -0.1) is 0 Å². The number of nitrogens with one attached hydrogen (secondary N) is 1. The van der Waals surface area contributed by atoms with Crippen molar-refractivity contribution in [2.24, 2.45) is 5.73 Å². The summed E-state index contributed by atoms with van der Waals surface area (Å²) in [5.41, 5.74) is 6.42. The van der Waals surface area contributed by atoms with Crippen LogP contribution in [0.15, 0.2) is 18.2 Å². The Kier molecular flexibility index (Phi) is 3.55. The maximum atomic E-state index is 7.23. The minimum Gasteiger partial charge on any atom is -0.493 e. The van der Waals surface area contributed by atoms with Gasteiger partial charge in [-0.25, -0.2) is 0 Å². The van der Waals surface area contributed by atoms with Crippen molar-refractivity contribution in [3.63, 3.8) is 0 Å². The van der Waals surface area contributed by atoms with Gasteiger partial charge in [0.15, 0.2) is 17.6 Å². The maximum Gasteiger partial charge on any atom is 0.162 e. The van der Waals surface area contributed by atoms with Crippen molar-refractivity contribution in [1.29, 1.82) is 5.41 Å². The lowest BCUT2D eigenvalue weighted by Gasteiger charge is -2.15. The van der Waals surface area contributed by atoms with Crippen LogP contribution in [0.1, 0.15) is 12.5 Å². The molecule has 82 valence electrons. The Morgan fingerprint density at radius 1 is 1.40 bits per heavy atom. The van der Waals surface area contributed by atoms with Gasteiger partial charge in [-0.05, 0) is 31.5 Å². The molecule has 0 spiro atoms. The molecule has 4 nitrogen and oxygen atoms in total. The largest absolute Gasteiger partial charge is 0.493 e. The molecule has 15 heavy (non-hydrogen) atoms. The van der Waals surface area contributed by atoms with Gasteiger partial charge in [-0.2, -0.15) is 0 Å². The smallest absolute Gasteiger partial charge is 0.162 e. The van der Waals surface area contributed by atoms with E-state index in [1.807, 2.05) is 25.1 Å². The van der Waals surface area contributed by atoms with E-state index in [1.54, 1.807) is 14.0 Å². The molecule has 1 aromatic carbocycles. The van der Waals surface area contributed by atoms with Crippen molar-refractivity contribution < 1.29 is 9.47 Å². The summed E-state index contributed by atoms with van der Waals surface area (Å²) >= 11 is 0. The van der Waals surface area contributed by atoms with Crippen LogP contribution < -0.4 is 15.2 Å². The van der Waals surface area contributed by atoms with Crippen molar-refractivity contribution in [2.75, 3.05) is 7.11 Å². The molecular weight excluding hydrogens is 192 g/mol. The molecule has 1 rings (SSSR count). The predicted molar refractivity (Wildman–Crippen MR) is 59.7 cm³/mol. The molecule has 0 saturated heterocycles. The Morgan fingerprint density at radius 2 is 2.07 bits per heavy atom. The van der Waals surface area contributed by atoms with Gasteiger partial charge in [0.2, 0.25) is 0 Å². The van der Waals surface area contributed by atoms with Gasteiger partial charge in [0.05, 0.1) is 7.11 Å². The Balaban J connectivity index is 2.89. The molecule has 0 aliphatic rings. The highest BCUT2D eigenvalue weighted by Gasteiger charge is 2.10. The first-order valence-electron chi connectivity index (χ1n) is 4.69. The highest BCUT2D eigenvalue weighted by Crippen LogP contribution is 2.28. The van der Waals surface area contributed by atoms with Gasteiger partial charge in [-0.3, -0.25) is 5.41 Å². The molecule has 4 heteroatoms. The van der Waals surface area contributed by atoms with E-state index in [2.05, 4.69) is 0 Å². The first kappa shape index (κ1) is 11.4. The topological polar surface area (TPSA) is 68.3 Å². The summed E-state index contributed by atoms with van der Waals surface area (Å²) in [6.45, 7) is 3.70. The van der Waals surface area contributed by atoms with Crippen LogP contribution >= 0.6 is 0 Å². The van der Waals surface area contributed by atoms with Crippen molar-refractivity contribution >= 4 is 5.84 Å². The Hall–Kier alpha value is -1.71. The van der Waals surface area contributed by atoms with Gasteiger partial charge in [0.1, 0.15) is 5.84 Å². The minimum atomic E-state index is -0.443. The highest BCUT2D eigenvalue weighted by molar-refractivity contribution is 5.81. The van der Waals surface area contributed by atoms with Crippen LogP contribution in [0, 0.1) is 12.3 Å².